The molecule has 0 bridgehead atoms. The lowest BCUT2D eigenvalue weighted by Gasteiger charge is -2.23. The zero-order chi connectivity index (χ0) is 14.3. The summed E-state index contributed by atoms with van der Waals surface area (Å²) >= 11 is 1.76. The molecule has 0 aliphatic heterocycles. The maximum atomic E-state index is 4.61. The van der Waals surface area contributed by atoms with Crippen LogP contribution in [0.25, 0.3) is 0 Å². The number of thioether (sulfide) groups is 1. The summed E-state index contributed by atoms with van der Waals surface area (Å²) in [7, 11) is 0. The van der Waals surface area contributed by atoms with E-state index in [1.165, 1.54) is 10.5 Å². The Morgan fingerprint density at radius 3 is 2.25 bits per heavy atom. The molecule has 5 heteroatoms. The van der Waals surface area contributed by atoms with Gasteiger partial charge in [-0.15, -0.1) is 35.7 Å². The lowest BCUT2D eigenvalue weighted by atomic mass is 10.1. The lowest BCUT2D eigenvalue weighted by Crippen LogP contribution is -2.47. The van der Waals surface area contributed by atoms with Gasteiger partial charge < -0.3 is 10.6 Å². The first-order chi connectivity index (χ1) is 8.94. The number of aliphatic imine (C=N–C) groups is 1. The molecule has 0 spiro atoms. The Labute approximate surface area is 144 Å². The van der Waals surface area contributed by atoms with Crippen LogP contribution in [0.5, 0.6) is 0 Å². The van der Waals surface area contributed by atoms with Crippen LogP contribution in [0.1, 0.15) is 33.3 Å². The minimum atomic E-state index is 0. The number of guanidine groups is 1. The molecule has 0 heterocycles. The minimum Gasteiger partial charge on any atom is -0.357 e. The van der Waals surface area contributed by atoms with E-state index in [9.17, 15) is 0 Å². The fourth-order valence-electron chi connectivity index (χ4n) is 1.56. The van der Waals surface area contributed by atoms with Crippen LogP contribution in [0.4, 0.5) is 0 Å². The minimum absolute atomic E-state index is 0. The van der Waals surface area contributed by atoms with Crippen molar-refractivity contribution in [2.75, 3.05) is 12.8 Å². The zero-order valence-corrected chi connectivity index (χ0v) is 16.1. The summed E-state index contributed by atoms with van der Waals surface area (Å²) in [5, 5.41) is 6.65. The van der Waals surface area contributed by atoms with E-state index >= 15 is 0 Å². The molecule has 0 saturated carbocycles. The van der Waals surface area contributed by atoms with Crippen molar-refractivity contribution in [1.82, 2.24) is 10.6 Å². The summed E-state index contributed by atoms with van der Waals surface area (Å²) in [6.07, 6.45) is 2.09. The largest absolute Gasteiger partial charge is 0.357 e. The summed E-state index contributed by atoms with van der Waals surface area (Å²) in [5.41, 5.74) is 1.24. The van der Waals surface area contributed by atoms with Gasteiger partial charge in [0.05, 0.1) is 6.54 Å². The number of hydrogen-bond acceptors (Lipinski definition) is 2. The average molecular weight is 407 g/mol. The van der Waals surface area contributed by atoms with Crippen molar-refractivity contribution >= 4 is 41.7 Å². The Bertz CT molecular complexity index is 410. The second-order valence-corrected chi connectivity index (χ2v) is 6.30. The summed E-state index contributed by atoms with van der Waals surface area (Å²) in [5.74, 6) is 0.865. The molecule has 0 amide bonds. The van der Waals surface area contributed by atoms with Crippen LogP contribution in [0.2, 0.25) is 0 Å². The molecule has 1 rings (SSSR count). The van der Waals surface area contributed by atoms with E-state index in [1.54, 1.807) is 11.8 Å². The third-order valence-electron chi connectivity index (χ3n) is 2.42. The van der Waals surface area contributed by atoms with Crippen molar-refractivity contribution < 1.29 is 0 Å². The molecule has 0 aromatic heterocycles. The van der Waals surface area contributed by atoms with Gasteiger partial charge in [0.1, 0.15) is 0 Å². The van der Waals surface area contributed by atoms with Gasteiger partial charge in [-0.1, -0.05) is 12.1 Å². The van der Waals surface area contributed by atoms with Crippen molar-refractivity contribution in [2.24, 2.45) is 4.99 Å². The quantitative estimate of drug-likeness (QED) is 0.344. The Morgan fingerprint density at radius 2 is 1.80 bits per heavy atom. The summed E-state index contributed by atoms with van der Waals surface area (Å²) in [6, 6.07) is 8.55. The van der Waals surface area contributed by atoms with Crippen molar-refractivity contribution in [3.63, 3.8) is 0 Å². The SMILES string of the molecule is CCNC(=NCc1ccc(SC)cc1)NC(C)(C)C.I. The van der Waals surface area contributed by atoms with Gasteiger partial charge in [-0.3, -0.25) is 0 Å². The molecule has 3 nitrogen and oxygen atoms in total. The van der Waals surface area contributed by atoms with Crippen LogP contribution in [-0.4, -0.2) is 24.3 Å². The fourth-order valence-corrected chi connectivity index (χ4v) is 1.97. The highest BCUT2D eigenvalue weighted by atomic mass is 127. The van der Waals surface area contributed by atoms with E-state index in [0.717, 1.165) is 12.5 Å². The average Bonchev–Trinajstić information content (AvgIpc) is 2.35. The van der Waals surface area contributed by atoms with Crippen molar-refractivity contribution in [3.05, 3.63) is 29.8 Å². The van der Waals surface area contributed by atoms with Crippen molar-refractivity contribution in [1.29, 1.82) is 0 Å². The lowest BCUT2D eigenvalue weighted by molar-refractivity contribution is 0.501. The molecule has 0 atom stereocenters. The zero-order valence-electron chi connectivity index (χ0n) is 13.0. The van der Waals surface area contributed by atoms with Crippen LogP contribution in [0.15, 0.2) is 34.2 Å². The van der Waals surface area contributed by atoms with E-state index in [4.69, 9.17) is 0 Å². The van der Waals surface area contributed by atoms with E-state index in [0.29, 0.717) is 6.54 Å². The van der Waals surface area contributed by atoms with Gasteiger partial charge in [-0.05, 0) is 51.6 Å². The van der Waals surface area contributed by atoms with E-state index in [-0.39, 0.29) is 29.5 Å². The Kier molecular flexibility index (Phi) is 9.29. The van der Waals surface area contributed by atoms with Gasteiger partial charge in [-0.2, -0.15) is 0 Å². The maximum absolute atomic E-state index is 4.61. The standard InChI is InChI=1S/C15H25N3S.HI/c1-6-16-14(18-15(2,3)4)17-11-12-7-9-13(19-5)10-8-12;/h7-10H,6,11H2,1-5H3,(H2,16,17,18);1H. The first-order valence-electron chi connectivity index (χ1n) is 6.64. The third-order valence-corrected chi connectivity index (χ3v) is 3.16. The van der Waals surface area contributed by atoms with E-state index < -0.39 is 0 Å². The molecule has 0 saturated heterocycles. The Hall–Kier alpha value is -0.430. The van der Waals surface area contributed by atoms with Crippen LogP contribution in [0.3, 0.4) is 0 Å². The van der Waals surface area contributed by atoms with E-state index in [1.807, 2.05) is 0 Å². The van der Waals surface area contributed by atoms with Gasteiger partial charge in [0.2, 0.25) is 0 Å². The Balaban J connectivity index is 0.00000361. The monoisotopic (exact) mass is 407 g/mol. The van der Waals surface area contributed by atoms with Crippen molar-refractivity contribution in [2.45, 2.75) is 44.7 Å². The van der Waals surface area contributed by atoms with Gasteiger partial charge in [-0.25, -0.2) is 4.99 Å². The first-order valence-corrected chi connectivity index (χ1v) is 7.86. The van der Waals surface area contributed by atoms with Gasteiger partial charge in [0.25, 0.3) is 0 Å². The highest BCUT2D eigenvalue weighted by molar-refractivity contribution is 14.0. The smallest absolute Gasteiger partial charge is 0.191 e. The number of hydrogen-bond donors (Lipinski definition) is 2. The second-order valence-electron chi connectivity index (χ2n) is 5.42. The molecule has 1 aromatic rings. The topological polar surface area (TPSA) is 36.4 Å². The van der Waals surface area contributed by atoms with Gasteiger partial charge in [0.15, 0.2) is 5.96 Å². The molecule has 2 N–H and O–H groups in total. The van der Waals surface area contributed by atoms with Gasteiger partial charge in [0, 0.05) is 17.0 Å². The molecular weight excluding hydrogens is 381 g/mol. The molecule has 1 aromatic carbocycles. The molecule has 114 valence electrons. The normalized spacial score (nSPS) is 11.8. The summed E-state index contributed by atoms with van der Waals surface area (Å²) in [6.45, 7) is 10.0. The van der Waals surface area contributed by atoms with Crippen LogP contribution in [0, 0.1) is 0 Å². The number of benzene rings is 1. The van der Waals surface area contributed by atoms with Crippen molar-refractivity contribution in [3.8, 4) is 0 Å². The van der Waals surface area contributed by atoms with Gasteiger partial charge >= 0.3 is 0 Å². The second kappa shape index (κ2) is 9.50. The first kappa shape index (κ1) is 19.6. The molecular formula is C15H26IN3S. The molecule has 0 fully saturated rings. The van der Waals surface area contributed by atoms with Crippen LogP contribution >= 0.6 is 35.7 Å². The Morgan fingerprint density at radius 1 is 1.20 bits per heavy atom. The molecule has 0 aliphatic rings. The predicted molar refractivity (Wildman–Crippen MR) is 101 cm³/mol. The highest BCUT2D eigenvalue weighted by Gasteiger charge is 2.11. The summed E-state index contributed by atoms with van der Waals surface area (Å²) in [4.78, 5) is 5.90. The summed E-state index contributed by atoms with van der Waals surface area (Å²) < 4.78 is 0. The number of nitrogens with zero attached hydrogens (tertiary/aromatic N) is 1. The van der Waals surface area contributed by atoms with E-state index in [2.05, 4.69) is 73.8 Å². The number of halogens is 1. The van der Waals surface area contributed by atoms with Crippen LogP contribution < -0.4 is 10.6 Å². The maximum Gasteiger partial charge on any atom is 0.191 e. The van der Waals surface area contributed by atoms with Crippen LogP contribution in [-0.2, 0) is 6.54 Å². The number of nitrogens with one attached hydrogen (secondary N) is 2. The predicted octanol–water partition coefficient (Wildman–Crippen LogP) is 3.88. The fraction of sp³-hybridized carbons (Fsp3) is 0.533. The third kappa shape index (κ3) is 7.99. The molecule has 0 unspecified atom stereocenters. The molecule has 0 radical (unpaired) electrons. The molecule has 20 heavy (non-hydrogen) atoms. The molecule has 0 aliphatic carbocycles. The highest BCUT2D eigenvalue weighted by Crippen LogP contribution is 2.15. The number of rotatable bonds is 4.